The third-order valence-corrected chi connectivity index (χ3v) is 2.74. The molecule has 19 heavy (non-hydrogen) atoms. The minimum atomic E-state index is -4.80. The van der Waals surface area contributed by atoms with Gasteiger partial charge in [-0.05, 0) is 17.9 Å². The van der Waals surface area contributed by atoms with Gasteiger partial charge in [-0.3, -0.25) is 0 Å². The van der Waals surface area contributed by atoms with Gasteiger partial charge in [0.2, 0.25) is 5.44 Å². The standard InChI is InChI=1S/C11H11F3O4S/c1-2-19-10(9(15)16)17-7-4-3-5-8(6-7)18-11(12,13)14/h3-6,10H,2H2,1H3,(H,15,16). The highest BCUT2D eigenvalue weighted by Gasteiger charge is 2.31. The van der Waals surface area contributed by atoms with Gasteiger partial charge in [0.25, 0.3) is 0 Å². The second kappa shape index (κ2) is 6.55. The molecule has 0 heterocycles. The number of hydrogen-bond donors (Lipinski definition) is 1. The molecule has 0 bridgehead atoms. The van der Waals surface area contributed by atoms with E-state index in [2.05, 4.69) is 4.74 Å². The number of benzene rings is 1. The number of thioether (sulfide) groups is 1. The summed E-state index contributed by atoms with van der Waals surface area (Å²) >= 11 is 1.01. The summed E-state index contributed by atoms with van der Waals surface area (Å²) in [6, 6.07) is 4.73. The van der Waals surface area contributed by atoms with E-state index in [0.717, 1.165) is 23.9 Å². The molecule has 0 aromatic heterocycles. The molecule has 0 fully saturated rings. The van der Waals surface area contributed by atoms with E-state index in [1.165, 1.54) is 12.1 Å². The summed E-state index contributed by atoms with van der Waals surface area (Å²) in [5.41, 5.74) is -1.17. The molecule has 0 aliphatic rings. The first-order valence-electron chi connectivity index (χ1n) is 5.18. The predicted molar refractivity (Wildman–Crippen MR) is 63.3 cm³/mol. The molecular formula is C11H11F3O4S. The Balaban J connectivity index is 2.78. The second-order valence-corrected chi connectivity index (χ2v) is 4.60. The number of aliphatic carboxylic acids is 1. The summed E-state index contributed by atoms with van der Waals surface area (Å²) in [5.74, 6) is -1.17. The highest BCUT2D eigenvalue weighted by molar-refractivity contribution is 8.00. The van der Waals surface area contributed by atoms with Crippen molar-refractivity contribution < 1.29 is 32.5 Å². The molecule has 106 valence electrons. The maximum absolute atomic E-state index is 12.0. The monoisotopic (exact) mass is 296 g/mol. The first kappa shape index (κ1) is 15.5. The molecule has 0 spiro atoms. The third-order valence-electron chi connectivity index (χ3n) is 1.80. The molecule has 8 heteroatoms. The Hall–Kier alpha value is -1.57. The molecule has 1 aromatic rings. The first-order valence-corrected chi connectivity index (χ1v) is 6.23. The number of carboxylic acid groups (broad SMARTS) is 1. The van der Waals surface area contributed by atoms with Crippen LogP contribution in [0.4, 0.5) is 13.2 Å². The van der Waals surface area contributed by atoms with Crippen molar-refractivity contribution in [3.63, 3.8) is 0 Å². The van der Waals surface area contributed by atoms with Gasteiger partial charge in [0, 0.05) is 6.07 Å². The summed E-state index contributed by atoms with van der Waals surface area (Å²) in [5, 5.41) is 8.86. The van der Waals surface area contributed by atoms with Gasteiger partial charge in [-0.25, -0.2) is 4.79 Å². The topological polar surface area (TPSA) is 55.8 Å². The van der Waals surface area contributed by atoms with Crippen LogP contribution in [0, 0.1) is 0 Å². The fraction of sp³-hybridized carbons (Fsp3) is 0.364. The van der Waals surface area contributed by atoms with Crippen molar-refractivity contribution >= 4 is 17.7 Å². The zero-order valence-corrected chi connectivity index (χ0v) is 10.6. The Kier molecular flexibility index (Phi) is 5.34. The molecular weight excluding hydrogens is 285 g/mol. The molecule has 1 unspecified atom stereocenters. The second-order valence-electron chi connectivity index (χ2n) is 3.27. The molecule has 0 saturated heterocycles. The lowest BCUT2D eigenvalue weighted by Crippen LogP contribution is -2.23. The van der Waals surface area contributed by atoms with Crippen LogP contribution in [-0.4, -0.2) is 28.6 Å². The third kappa shape index (κ3) is 5.73. The Morgan fingerprint density at radius 1 is 1.42 bits per heavy atom. The molecule has 1 N–H and O–H groups in total. The SMILES string of the molecule is CCSC(Oc1cccc(OC(F)(F)F)c1)C(=O)O. The quantitative estimate of drug-likeness (QED) is 0.817. The smallest absolute Gasteiger partial charge is 0.478 e. The average Bonchev–Trinajstić information content (AvgIpc) is 2.26. The van der Waals surface area contributed by atoms with Gasteiger partial charge in [-0.1, -0.05) is 13.0 Å². The Bertz CT molecular complexity index is 436. The van der Waals surface area contributed by atoms with E-state index in [4.69, 9.17) is 9.84 Å². The zero-order valence-electron chi connectivity index (χ0n) is 9.81. The molecule has 1 rings (SSSR count). The van der Waals surface area contributed by atoms with Crippen molar-refractivity contribution in [2.24, 2.45) is 0 Å². The van der Waals surface area contributed by atoms with E-state index >= 15 is 0 Å². The number of hydrogen-bond acceptors (Lipinski definition) is 4. The molecule has 0 aliphatic carbocycles. The molecule has 0 amide bonds. The minimum Gasteiger partial charge on any atom is -0.478 e. The van der Waals surface area contributed by atoms with Gasteiger partial charge in [-0.15, -0.1) is 24.9 Å². The van der Waals surface area contributed by atoms with E-state index < -0.39 is 23.5 Å². The van der Waals surface area contributed by atoms with Crippen LogP contribution in [0.25, 0.3) is 0 Å². The van der Waals surface area contributed by atoms with Crippen LogP contribution in [-0.2, 0) is 4.79 Å². The van der Waals surface area contributed by atoms with Gasteiger partial charge in [0.05, 0.1) is 0 Å². The Morgan fingerprint density at radius 3 is 2.58 bits per heavy atom. The fourth-order valence-corrected chi connectivity index (χ4v) is 1.80. The lowest BCUT2D eigenvalue weighted by atomic mass is 10.3. The summed E-state index contributed by atoms with van der Waals surface area (Å²) in [6.45, 7) is 1.74. The van der Waals surface area contributed by atoms with Crippen molar-refractivity contribution in [3.05, 3.63) is 24.3 Å². The van der Waals surface area contributed by atoms with E-state index in [1.54, 1.807) is 6.92 Å². The van der Waals surface area contributed by atoms with Crippen molar-refractivity contribution in [3.8, 4) is 11.5 Å². The Labute approximate surface area is 111 Å². The van der Waals surface area contributed by atoms with Crippen LogP contribution in [0.3, 0.4) is 0 Å². The number of alkyl halides is 3. The van der Waals surface area contributed by atoms with Crippen LogP contribution >= 0.6 is 11.8 Å². The average molecular weight is 296 g/mol. The van der Waals surface area contributed by atoms with Gasteiger partial charge in [-0.2, -0.15) is 0 Å². The molecule has 0 aliphatic heterocycles. The van der Waals surface area contributed by atoms with Gasteiger partial charge in [0.1, 0.15) is 11.5 Å². The number of halogens is 3. The predicted octanol–water partition coefficient (Wildman–Crippen LogP) is 3.13. The largest absolute Gasteiger partial charge is 0.573 e. The van der Waals surface area contributed by atoms with E-state index in [-0.39, 0.29) is 5.75 Å². The number of carbonyl (C=O) groups is 1. The van der Waals surface area contributed by atoms with Crippen molar-refractivity contribution in [1.82, 2.24) is 0 Å². The highest BCUT2D eigenvalue weighted by Crippen LogP contribution is 2.27. The summed E-state index contributed by atoms with van der Waals surface area (Å²) in [6.07, 6.45) is -4.80. The maximum Gasteiger partial charge on any atom is 0.573 e. The van der Waals surface area contributed by atoms with E-state index in [9.17, 15) is 18.0 Å². The number of ether oxygens (including phenoxy) is 2. The first-order chi connectivity index (χ1) is 8.81. The Morgan fingerprint density at radius 2 is 2.05 bits per heavy atom. The molecule has 1 atom stereocenters. The van der Waals surface area contributed by atoms with Crippen molar-refractivity contribution in [2.45, 2.75) is 18.7 Å². The summed E-state index contributed by atoms with van der Waals surface area (Å²) in [4.78, 5) is 10.9. The highest BCUT2D eigenvalue weighted by atomic mass is 32.2. The van der Waals surface area contributed by atoms with Crippen LogP contribution in [0.5, 0.6) is 11.5 Å². The van der Waals surface area contributed by atoms with Gasteiger partial charge >= 0.3 is 12.3 Å². The molecule has 4 nitrogen and oxygen atoms in total. The zero-order chi connectivity index (χ0) is 14.5. The van der Waals surface area contributed by atoms with E-state index in [1.807, 2.05) is 0 Å². The minimum absolute atomic E-state index is 0.00454. The van der Waals surface area contributed by atoms with Crippen LogP contribution in [0.1, 0.15) is 6.92 Å². The normalized spacial score (nSPS) is 12.8. The molecule has 0 radical (unpaired) electrons. The fourth-order valence-electron chi connectivity index (χ4n) is 1.18. The summed E-state index contributed by atoms with van der Waals surface area (Å²) < 4.78 is 44.9. The van der Waals surface area contributed by atoms with Crippen LogP contribution in [0.15, 0.2) is 24.3 Å². The van der Waals surface area contributed by atoms with Crippen molar-refractivity contribution in [1.29, 1.82) is 0 Å². The molecule has 1 aromatic carbocycles. The van der Waals surface area contributed by atoms with Crippen LogP contribution < -0.4 is 9.47 Å². The van der Waals surface area contributed by atoms with Gasteiger partial charge < -0.3 is 14.6 Å². The summed E-state index contributed by atoms with van der Waals surface area (Å²) in [7, 11) is 0. The van der Waals surface area contributed by atoms with Crippen molar-refractivity contribution in [2.75, 3.05) is 5.75 Å². The van der Waals surface area contributed by atoms with Gasteiger partial charge in [0.15, 0.2) is 0 Å². The molecule has 0 saturated carbocycles. The number of rotatable bonds is 6. The van der Waals surface area contributed by atoms with E-state index in [0.29, 0.717) is 5.75 Å². The lowest BCUT2D eigenvalue weighted by molar-refractivity contribution is -0.274. The maximum atomic E-state index is 12.0. The van der Waals surface area contributed by atoms with Crippen LogP contribution in [0.2, 0.25) is 0 Å². The lowest BCUT2D eigenvalue weighted by Gasteiger charge is -2.15. The number of carboxylic acids is 1.